The van der Waals surface area contributed by atoms with E-state index in [2.05, 4.69) is 10.2 Å². The summed E-state index contributed by atoms with van der Waals surface area (Å²) in [5.41, 5.74) is 0. The van der Waals surface area contributed by atoms with E-state index in [0.29, 0.717) is 24.2 Å². The van der Waals surface area contributed by atoms with Crippen LogP contribution in [0.25, 0.3) is 0 Å². The van der Waals surface area contributed by atoms with E-state index in [0.717, 1.165) is 45.2 Å². The van der Waals surface area contributed by atoms with E-state index in [1.54, 1.807) is 0 Å². The molecular formula is C14H22N2O2. The van der Waals surface area contributed by atoms with E-state index in [-0.39, 0.29) is 11.9 Å². The molecule has 1 aliphatic carbocycles. The van der Waals surface area contributed by atoms with Gasteiger partial charge in [-0.15, -0.1) is 0 Å². The molecule has 0 aromatic rings. The van der Waals surface area contributed by atoms with Crippen molar-refractivity contribution in [2.24, 2.45) is 5.92 Å². The highest BCUT2D eigenvalue weighted by molar-refractivity contribution is 5.84. The zero-order valence-corrected chi connectivity index (χ0v) is 10.9. The maximum Gasteiger partial charge on any atom is 0.220 e. The molecule has 3 aliphatic rings. The van der Waals surface area contributed by atoms with Gasteiger partial charge in [-0.25, -0.2) is 0 Å². The van der Waals surface area contributed by atoms with Gasteiger partial charge in [-0.2, -0.15) is 0 Å². The minimum Gasteiger partial charge on any atom is -0.353 e. The Morgan fingerprint density at radius 1 is 1.06 bits per heavy atom. The van der Waals surface area contributed by atoms with Crippen molar-refractivity contribution in [2.75, 3.05) is 13.1 Å². The first-order chi connectivity index (χ1) is 8.74. The third-order valence-electron chi connectivity index (χ3n) is 4.82. The van der Waals surface area contributed by atoms with Crippen molar-refractivity contribution < 1.29 is 9.59 Å². The summed E-state index contributed by atoms with van der Waals surface area (Å²) < 4.78 is 0. The minimum atomic E-state index is 0.178. The van der Waals surface area contributed by atoms with Gasteiger partial charge in [0.25, 0.3) is 0 Å². The van der Waals surface area contributed by atoms with E-state index in [1.807, 2.05) is 0 Å². The second kappa shape index (κ2) is 5.00. The van der Waals surface area contributed by atoms with Crippen LogP contribution >= 0.6 is 0 Å². The molecule has 100 valence electrons. The number of ketones is 1. The SMILES string of the molecule is O=C1CCC2CN(C3CCCCC3=O)CCC2N1. The van der Waals surface area contributed by atoms with Gasteiger partial charge < -0.3 is 5.32 Å². The summed E-state index contributed by atoms with van der Waals surface area (Å²) in [6, 6.07) is 0.540. The van der Waals surface area contributed by atoms with E-state index < -0.39 is 0 Å². The van der Waals surface area contributed by atoms with Crippen LogP contribution in [0.1, 0.15) is 44.9 Å². The van der Waals surface area contributed by atoms with E-state index >= 15 is 0 Å². The van der Waals surface area contributed by atoms with Crippen LogP contribution in [0.15, 0.2) is 0 Å². The lowest BCUT2D eigenvalue weighted by atomic mass is 9.83. The van der Waals surface area contributed by atoms with Crippen molar-refractivity contribution in [3.05, 3.63) is 0 Å². The molecule has 0 aromatic carbocycles. The second-order valence-corrected chi connectivity index (χ2v) is 5.98. The van der Waals surface area contributed by atoms with Gasteiger partial charge in [0.05, 0.1) is 6.04 Å². The average Bonchev–Trinajstić information content (AvgIpc) is 2.39. The van der Waals surface area contributed by atoms with Gasteiger partial charge in [-0.05, 0) is 31.6 Å². The number of likely N-dealkylation sites (tertiary alicyclic amines) is 1. The molecule has 1 amide bonds. The Morgan fingerprint density at radius 2 is 1.94 bits per heavy atom. The Balaban J connectivity index is 1.63. The summed E-state index contributed by atoms with van der Waals surface area (Å²) in [4.78, 5) is 25.8. The van der Waals surface area contributed by atoms with Crippen LogP contribution in [0.3, 0.4) is 0 Å². The van der Waals surface area contributed by atoms with Crippen LogP contribution in [0, 0.1) is 5.92 Å². The maximum atomic E-state index is 12.0. The third-order valence-corrected chi connectivity index (χ3v) is 4.82. The zero-order chi connectivity index (χ0) is 12.5. The first-order valence-corrected chi connectivity index (χ1v) is 7.30. The zero-order valence-electron chi connectivity index (χ0n) is 10.9. The summed E-state index contributed by atoms with van der Waals surface area (Å²) >= 11 is 0. The van der Waals surface area contributed by atoms with Gasteiger partial charge in [0, 0.05) is 32.0 Å². The Labute approximate surface area is 108 Å². The number of carbonyl (C=O) groups is 2. The fourth-order valence-electron chi connectivity index (χ4n) is 3.77. The number of piperidine rings is 2. The molecule has 4 heteroatoms. The molecule has 0 radical (unpaired) electrons. The highest BCUT2D eigenvalue weighted by Crippen LogP contribution is 2.29. The molecule has 0 bridgehead atoms. The first kappa shape index (κ1) is 12.2. The summed E-state index contributed by atoms with van der Waals surface area (Å²) in [6.07, 6.45) is 6.75. The highest BCUT2D eigenvalue weighted by atomic mass is 16.1. The molecular weight excluding hydrogens is 228 g/mol. The number of hydrogen-bond donors (Lipinski definition) is 1. The number of nitrogens with one attached hydrogen (secondary N) is 1. The lowest BCUT2D eigenvalue weighted by molar-refractivity contribution is -0.130. The Morgan fingerprint density at radius 3 is 2.78 bits per heavy atom. The second-order valence-electron chi connectivity index (χ2n) is 5.98. The maximum absolute atomic E-state index is 12.0. The standard InChI is InChI=1S/C14H22N2O2/c17-13-4-2-1-3-12(13)16-8-7-11-10(9-16)5-6-14(18)15-11/h10-12H,1-9H2,(H,15,18). The summed E-state index contributed by atoms with van der Waals surface area (Å²) in [6.45, 7) is 1.97. The quantitative estimate of drug-likeness (QED) is 0.758. The molecule has 1 saturated carbocycles. The van der Waals surface area contributed by atoms with Crippen molar-refractivity contribution in [3.63, 3.8) is 0 Å². The minimum absolute atomic E-state index is 0.178. The topological polar surface area (TPSA) is 49.4 Å². The van der Waals surface area contributed by atoms with Crippen LogP contribution in [-0.4, -0.2) is 41.8 Å². The molecule has 18 heavy (non-hydrogen) atoms. The molecule has 3 fully saturated rings. The van der Waals surface area contributed by atoms with Crippen molar-refractivity contribution in [1.29, 1.82) is 0 Å². The van der Waals surface area contributed by atoms with Crippen molar-refractivity contribution in [2.45, 2.75) is 57.0 Å². The average molecular weight is 250 g/mol. The third kappa shape index (κ3) is 2.30. The van der Waals surface area contributed by atoms with Gasteiger partial charge in [0.1, 0.15) is 5.78 Å². The highest BCUT2D eigenvalue weighted by Gasteiger charge is 2.38. The number of amides is 1. The predicted molar refractivity (Wildman–Crippen MR) is 68.1 cm³/mol. The van der Waals surface area contributed by atoms with Crippen LogP contribution in [-0.2, 0) is 9.59 Å². The molecule has 0 aromatic heterocycles. The molecule has 3 atom stereocenters. The van der Waals surface area contributed by atoms with E-state index in [4.69, 9.17) is 0 Å². The van der Waals surface area contributed by atoms with Crippen LogP contribution < -0.4 is 5.32 Å². The largest absolute Gasteiger partial charge is 0.353 e. The number of rotatable bonds is 1. The van der Waals surface area contributed by atoms with Crippen LogP contribution in [0.5, 0.6) is 0 Å². The fraction of sp³-hybridized carbons (Fsp3) is 0.857. The smallest absolute Gasteiger partial charge is 0.220 e. The van der Waals surface area contributed by atoms with Gasteiger partial charge >= 0.3 is 0 Å². The van der Waals surface area contributed by atoms with E-state index in [1.165, 1.54) is 6.42 Å². The Hall–Kier alpha value is -0.900. The first-order valence-electron chi connectivity index (χ1n) is 7.30. The van der Waals surface area contributed by atoms with Gasteiger partial charge in [0.15, 0.2) is 0 Å². The number of nitrogens with zero attached hydrogens (tertiary/aromatic N) is 1. The number of hydrogen-bond acceptors (Lipinski definition) is 3. The Kier molecular flexibility index (Phi) is 3.37. The monoisotopic (exact) mass is 250 g/mol. The van der Waals surface area contributed by atoms with Gasteiger partial charge in [-0.1, -0.05) is 6.42 Å². The van der Waals surface area contributed by atoms with Gasteiger partial charge in [0.2, 0.25) is 5.91 Å². The summed E-state index contributed by atoms with van der Waals surface area (Å²) in [5, 5.41) is 3.10. The summed E-state index contributed by atoms with van der Waals surface area (Å²) in [7, 11) is 0. The molecule has 3 unspecified atom stereocenters. The van der Waals surface area contributed by atoms with Crippen molar-refractivity contribution in [3.8, 4) is 0 Å². The molecule has 1 N–H and O–H groups in total. The fourth-order valence-corrected chi connectivity index (χ4v) is 3.77. The summed E-state index contributed by atoms with van der Waals surface area (Å²) in [5.74, 6) is 1.21. The number of fused-ring (bicyclic) bond motifs is 1. The van der Waals surface area contributed by atoms with Crippen molar-refractivity contribution in [1.82, 2.24) is 10.2 Å². The lowest BCUT2D eigenvalue weighted by Gasteiger charge is -2.44. The lowest BCUT2D eigenvalue weighted by Crippen LogP contribution is -2.57. The van der Waals surface area contributed by atoms with Crippen LogP contribution in [0.4, 0.5) is 0 Å². The molecule has 3 rings (SSSR count). The van der Waals surface area contributed by atoms with E-state index in [9.17, 15) is 9.59 Å². The van der Waals surface area contributed by atoms with Crippen LogP contribution in [0.2, 0.25) is 0 Å². The number of Topliss-reactive ketones (excluding diaryl/α,β-unsaturated/α-hetero) is 1. The Bertz CT molecular complexity index is 356. The molecule has 2 saturated heterocycles. The molecule has 2 aliphatic heterocycles. The molecule has 0 spiro atoms. The molecule has 4 nitrogen and oxygen atoms in total. The normalized spacial score (nSPS) is 38.1. The number of carbonyl (C=O) groups excluding carboxylic acids is 2. The van der Waals surface area contributed by atoms with Gasteiger partial charge in [-0.3, -0.25) is 14.5 Å². The molecule has 2 heterocycles. The predicted octanol–water partition coefficient (Wildman–Crippen LogP) is 1.10. The van der Waals surface area contributed by atoms with Crippen molar-refractivity contribution >= 4 is 11.7 Å².